The van der Waals surface area contributed by atoms with Gasteiger partial charge in [0.15, 0.2) is 0 Å². The first-order valence-corrected chi connectivity index (χ1v) is 6.40. The standard InChI is InChI=1S/C13H20N4O2/c1-13(2,3)19-12(18)17-5-4-9(8-17)11-15-6-10(14)7-16-11/h6-7,9H,4-5,8,14H2,1-3H3. The summed E-state index contributed by atoms with van der Waals surface area (Å²) in [6.45, 7) is 6.86. The third-order valence-electron chi connectivity index (χ3n) is 2.90. The minimum atomic E-state index is -0.465. The van der Waals surface area contributed by atoms with E-state index in [9.17, 15) is 4.79 Å². The van der Waals surface area contributed by atoms with Crippen LogP contribution in [0.25, 0.3) is 0 Å². The van der Waals surface area contributed by atoms with E-state index in [4.69, 9.17) is 10.5 Å². The first kappa shape index (κ1) is 13.6. The third-order valence-corrected chi connectivity index (χ3v) is 2.90. The highest BCUT2D eigenvalue weighted by Gasteiger charge is 2.31. The summed E-state index contributed by atoms with van der Waals surface area (Å²) >= 11 is 0. The van der Waals surface area contributed by atoms with E-state index in [1.54, 1.807) is 17.3 Å². The number of rotatable bonds is 1. The van der Waals surface area contributed by atoms with Crippen LogP contribution in [-0.4, -0.2) is 39.7 Å². The summed E-state index contributed by atoms with van der Waals surface area (Å²) in [5.41, 5.74) is 5.64. The van der Waals surface area contributed by atoms with Crippen molar-refractivity contribution in [2.24, 2.45) is 0 Å². The Kier molecular flexibility index (Phi) is 3.59. The number of amides is 1. The van der Waals surface area contributed by atoms with Crippen LogP contribution in [0.1, 0.15) is 38.9 Å². The molecule has 1 aliphatic rings. The fourth-order valence-electron chi connectivity index (χ4n) is 2.02. The summed E-state index contributed by atoms with van der Waals surface area (Å²) in [4.78, 5) is 22.1. The molecule has 0 bridgehead atoms. The first-order valence-electron chi connectivity index (χ1n) is 6.40. The summed E-state index contributed by atoms with van der Waals surface area (Å²) < 4.78 is 5.35. The highest BCUT2D eigenvalue weighted by molar-refractivity contribution is 5.68. The van der Waals surface area contributed by atoms with Crippen LogP contribution in [0.15, 0.2) is 12.4 Å². The Morgan fingerprint density at radius 3 is 2.63 bits per heavy atom. The molecule has 0 saturated carbocycles. The number of hydrogen-bond donors (Lipinski definition) is 1. The van der Waals surface area contributed by atoms with Crippen molar-refractivity contribution in [2.75, 3.05) is 18.8 Å². The lowest BCUT2D eigenvalue weighted by atomic mass is 10.1. The van der Waals surface area contributed by atoms with Gasteiger partial charge in [-0.2, -0.15) is 0 Å². The second-order valence-corrected chi connectivity index (χ2v) is 5.79. The summed E-state index contributed by atoms with van der Waals surface area (Å²) in [7, 11) is 0. The number of nitrogens with zero attached hydrogens (tertiary/aromatic N) is 3. The lowest BCUT2D eigenvalue weighted by molar-refractivity contribution is 0.0292. The number of hydrogen-bond acceptors (Lipinski definition) is 5. The van der Waals surface area contributed by atoms with E-state index in [1.807, 2.05) is 20.8 Å². The highest BCUT2D eigenvalue weighted by atomic mass is 16.6. The van der Waals surface area contributed by atoms with Crippen molar-refractivity contribution in [3.05, 3.63) is 18.2 Å². The van der Waals surface area contributed by atoms with Gasteiger partial charge in [-0.05, 0) is 27.2 Å². The number of anilines is 1. The first-order chi connectivity index (χ1) is 8.85. The molecule has 2 heterocycles. The number of aromatic nitrogens is 2. The summed E-state index contributed by atoms with van der Waals surface area (Å²) in [5, 5.41) is 0. The molecule has 6 nitrogen and oxygen atoms in total. The molecular weight excluding hydrogens is 244 g/mol. The predicted molar refractivity (Wildman–Crippen MR) is 71.6 cm³/mol. The molecule has 1 aliphatic heterocycles. The largest absolute Gasteiger partial charge is 0.444 e. The maximum Gasteiger partial charge on any atom is 0.410 e. The monoisotopic (exact) mass is 264 g/mol. The van der Waals surface area contributed by atoms with Gasteiger partial charge in [0.25, 0.3) is 0 Å². The van der Waals surface area contributed by atoms with Crippen molar-refractivity contribution >= 4 is 11.8 Å². The quantitative estimate of drug-likeness (QED) is 0.836. The SMILES string of the molecule is CC(C)(C)OC(=O)N1CCC(c2ncc(N)cn2)C1. The zero-order valence-electron chi connectivity index (χ0n) is 11.6. The number of carbonyl (C=O) groups is 1. The predicted octanol–water partition coefficient (Wildman–Crippen LogP) is 1.78. The maximum absolute atomic E-state index is 11.9. The Labute approximate surface area is 113 Å². The number of likely N-dealkylation sites (tertiary alicyclic amines) is 1. The van der Waals surface area contributed by atoms with Gasteiger partial charge in [-0.25, -0.2) is 14.8 Å². The van der Waals surface area contributed by atoms with Gasteiger partial charge in [-0.1, -0.05) is 0 Å². The third kappa shape index (κ3) is 3.56. The molecule has 0 spiro atoms. The molecule has 1 saturated heterocycles. The lowest BCUT2D eigenvalue weighted by Crippen LogP contribution is -2.35. The Hall–Kier alpha value is -1.85. The Morgan fingerprint density at radius 2 is 2.05 bits per heavy atom. The van der Waals surface area contributed by atoms with Crippen LogP contribution in [0, 0.1) is 0 Å². The Balaban J connectivity index is 1.96. The fourth-order valence-corrected chi connectivity index (χ4v) is 2.02. The summed E-state index contributed by atoms with van der Waals surface area (Å²) in [6.07, 6.45) is 3.77. The van der Waals surface area contributed by atoms with Crippen LogP contribution in [0.3, 0.4) is 0 Å². The van der Waals surface area contributed by atoms with E-state index in [2.05, 4.69) is 9.97 Å². The van der Waals surface area contributed by atoms with Crippen LogP contribution in [0.2, 0.25) is 0 Å². The minimum absolute atomic E-state index is 0.160. The van der Waals surface area contributed by atoms with Gasteiger partial charge in [-0.3, -0.25) is 0 Å². The molecule has 0 radical (unpaired) electrons. The van der Waals surface area contributed by atoms with Crippen molar-refractivity contribution in [1.29, 1.82) is 0 Å². The van der Waals surface area contributed by atoms with Gasteiger partial charge >= 0.3 is 6.09 Å². The second kappa shape index (κ2) is 5.03. The average molecular weight is 264 g/mol. The number of ether oxygens (including phenoxy) is 1. The van der Waals surface area contributed by atoms with Crippen LogP contribution in [0.5, 0.6) is 0 Å². The van der Waals surface area contributed by atoms with Crippen LogP contribution >= 0.6 is 0 Å². The summed E-state index contributed by atoms with van der Waals surface area (Å²) in [6, 6.07) is 0. The summed E-state index contributed by atoms with van der Waals surface area (Å²) in [5.74, 6) is 0.897. The van der Waals surface area contributed by atoms with Crippen molar-refractivity contribution in [1.82, 2.24) is 14.9 Å². The zero-order chi connectivity index (χ0) is 14.0. The molecule has 6 heteroatoms. The average Bonchev–Trinajstić information content (AvgIpc) is 2.77. The highest BCUT2D eigenvalue weighted by Crippen LogP contribution is 2.25. The Bertz CT molecular complexity index is 453. The molecule has 2 rings (SSSR count). The van der Waals surface area contributed by atoms with E-state index in [1.165, 1.54) is 0 Å². The molecule has 1 amide bonds. The van der Waals surface area contributed by atoms with Crippen molar-refractivity contribution in [3.63, 3.8) is 0 Å². The van der Waals surface area contributed by atoms with Gasteiger partial charge in [0.05, 0.1) is 18.1 Å². The van der Waals surface area contributed by atoms with Gasteiger partial charge in [0, 0.05) is 19.0 Å². The molecule has 2 N–H and O–H groups in total. The molecule has 19 heavy (non-hydrogen) atoms. The topological polar surface area (TPSA) is 81.3 Å². The van der Waals surface area contributed by atoms with Gasteiger partial charge in [0.2, 0.25) is 0 Å². The van der Waals surface area contributed by atoms with E-state index < -0.39 is 5.60 Å². The van der Waals surface area contributed by atoms with Gasteiger partial charge in [0.1, 0.15) is 11.4 Å². The molecule has 0 aromatic carbocycles. The minimum Gasteiger partial charge on any atom is -0.444 e. The maximum atomic E-state index is 11.9. The van der Waals surface area contributed by atoms with Crippen LogP contribution in [-0.2, 0) is 4.74 Å². The molecule has 0 aliphatic carbocycles. The molecule has 1 aromatic rings. The Morgan fingerprint density at radius 1 is 1.42 bits per heavy atom. The second-order valence-electron chi connectivity index (χ2n) is 5.79. The molecule has 1 atom stereocenters. The smallest absolute Gasteiger partial charge is 0.410 e. The van der Waals surface area contributed by atoms with Crippen LogP contribution < -0.4 is 5.73 Å². The van der Waals surface area contributed by atoms with Crippen molar-refractivity contribution < 1.29 is 9.53 Å². The van der Waals surface area contributed by atoms with Crippen LogP contribution in [0.4, 0.5) is 10.5 Å². The van der Waals surface area contributed by atoms with Crippen molar-refractivity contribution in [3.8, 4) is 0 Å². The number of nitrogen functional groups attached to an aromatic ring is 1. The molecular formula is C13H20N4O2. The molecule has 1 unspecified atom stereocenters. The van der Waals surface area contributed by atoms with E-state index >= 15 is 0 Å². The van der Waals surface area contributed by atoms with Crippen molar-refractivity contribution in [2.45, 2.75) is 38.7 Å². The van der Waals surface area contributed by atoms with Gasteiger partial charge in [-0.15, -0.1) is 0 Å². The van der Waals surface area contributed by atoms with E-state index in [0.29, 0.717) is 18.8 Å². The zero-order valence-corrected chi connectivity index (χ0v) is 11.6. The fraction of sp³-hybridized carbons (Fsp3) is 0.615. The van der Waals surface area contributed by atoms with Gasteiger partial charge < -0.3 is 15.4 Å². The van der Waals surface area contributed by atoms with E-state index in [-0.39, 0.29) is 12.0 Å². The molecule has 104 valence electrons. The molecule has 1 fully saturated rings. The number of carbonyl (C=O) groups excluding carboxylic acids is 1. The lowest BCUT2D eigenvalue weighted by Gasteiger charge is -2.24. The normalized spacial score (nSPS) is 19.5. The molecule has 1 aromatic heterocycles. The van der Waals surface area contributed by atoms with E-state index in [0.717, 1.165) is 12.2 Å². The number of nitrogens with two attached hydrogens (primary N) is 1.